The third kappa shape index (κ3) is 1.99. The summed E-state index contributed by atoms with van der Waals surface area (Å²) in [6.45, 7) is 2.06. The number of rotatable bonds is 3. The molecule has 0 radical (unpaired) electrons. The molecule has 1 saturated carbocycles. The second-order valence-corrected chi connectivity index (χ2v) is 6.73. The first-order valence-corrected chi connectivity index (χ1v) is 7.35. The van der Waals surface area contributed by atoms with Gasteiger partial charge in [0.2, 0.25) is 0 Å². The molecule has 1 aromatic carbocycles. The normalized spacial score (nSPS) is 18.6. The number of aryl methyl sites for hydroxylation is 1. The third-order valence-corrected chi connectivity index (χ3v) is 4.96. The van der Waals surface area contributed by atoms with Crippen LogP contribution in [0.15, 0.2) is 36.4 Å². The van der Waals surface area contributed by atoms with Crippen molar-refractivity contribution >= 4 is 22.9 Å². The number of hydrogen-bond donors (Lipinski definition) is 1. The van der Waals surface area contributed by atoms with Gasteiger partial charge in [0.05, 0.1) is 4.34 Å². The molecule has 0 aliphatic heterocycles. The molecule has 2 aromatic rings. The average Bonchev–Trinajstić information content (AvgIpc) is 3.12. The first-order valence-electron chi connectivity index (χ1n) is 6.16. The van der Waals surface area contributed by atoms with Gasteiger partial charge in [-0.15, -0.1) is 11.3 Å². The predicted molar refractivity (Wildman–Crippen MR) is 76.2 cm³/mol. The van der Waals surface area contributed by atoms with E-state index in [4.69, 9.17) is 11.6 Å². The minimum absolute atomic E-state index is 0.329. The van der Waals surface area contributed by atoms with Crippen molar-refractivity contribution < 1.29 is 5.11 Å². The van der Waals surface area contributed by atoms with Crippen LogP contribution in [0.25, 0.3) is 0 Å². The van der Waals surface area contributed by atoms with Crippen LogP contribution in [0.5, 0.6) is 0 Å². The molecule has 18 heavy (non-hydrogen) atoms. The number of benzene rings is 1. The van der Waals surface area contributed by atoms with Crippen molar-refractivity contribution in [2.75, 3.05) is 0 Å². The molecule has 1 aromatic heterocycles. The van der Waals surface area contributed by atoms with Crippen LogP contribution in [-0.2, 0) is 5.60 Å². The number of hydrogen-bond acceptors (Lipinski definition) is 2. The van der Waals surface area contributed by atoms with E-state index in [-0.39, 0.29) is 0 Å². The number of halogens is 1. The maximum atomic E-state index is 11.1. The molecule has 1 N–H and O–H groups in total. The summed E-state index contributed by atoms with van der Waals surface area (Å²) in [5, 5.41) is 11.1. The second-order valence-electron chi connectivity index (χ2n) is 5.01. The Morgan fingerprint density at radius 1 is 1.17 bits per heavy atom. The van der Waals surface area contributed by atoms with Crippen molar-refractivity contribution in [2.24, 2.45) is 5.92 Å². The molecule has 1 aliphatic carbocycles. The Hall–Kier alpha value is -0.830. The molecule has 0 amide bonds. The van der Waals surface area contributed by atoms with Gasteiger partial charge in [-0.1, -0.05) is 41.4 Å². The molecule has 1 nitrogen and oxygen atoms in total. The van der Waals surface area contributed by atoms with Crippen LogP contribution in [-0.4, -0.2) is 5.11 Å². The highest BCUT2D eigenvalue weighted by Crippen LogP contribution is 2.51. The van der Waals surface area contributed by atoms with E-state index >= 15 is 0 Å². The predicted octanol–water partition coefficient (Wildman–Crippen LogP) is 4.36. The zero-order valence-corrected chi connectivity index (χ0v) is 11.8. The maximum absolute atomic E-state index is 11.1. The fraction of sp³-hybridized carbons (Fsp3) is 0.333. The van der Waals surface area contributed by atoms with Gasteiger partial charge in [-0.3, -0.25) is 0 Å². The van der Waals surface area contributed by atoms with Crippen molar-refractivity contribution in [3.63, 3.8) is 0 Å². The summed E-state index contributed by atoms with van der Waals surface area (Å²) < 4.78 is 0.733. The van der Waals surface area contributed by atoms with Gasteiger partial charge in [-0.25, -0.2) is 0 Å². The average molecular weight is 279 g/mol. The van der Waals surface area contributed by atoms with Gasteiger partial charge in [-0.2, -0.15) is 0 Å². The van der Waals surface area contributed by atoms with Crippen molar-refractivity contribution in [1.82, 2.24) is 0 Å². The summed E-state index contributed by atoms with van der Waals surface area (Å²) in [7, 11) is 0. The zero-order valence-electron chi connectivity index (χ0n) is 10.2. The molecule has 1 fully saturated rings. The molecule has 1 unspecified atom stereocenters. The van der Waals surface area contributed by atoms with Crippen LogP contribution < -0.4 is 0 Å². The van der Waals surface area contributed by atoms with Gasteiger partial charge in [0.25, 0.3) is 0 Å². The minimum atomic E-state index is -0.856. The smallest absolute Gasteiger partial charge is 0.127 e. The van der Waals surface area contributed by atoms with Crippen LogP contribution in [0.3, 0.4) is 0 Å². The van der Waals surface area contributed by atoms with Crippen LogP contribution in [0, 0.1) is 12.8 Å². The van der Waals surface area contributed by atoms with Gasteiger partial charge in [0.1, 0.15) is 5.60 Å². The van der Waals surface area contributed by atoms with E-state index < -0.39 is 5.60 Å². The maximum Gasteiger partial charge on any atom is 0.127 e. The summed E-state index contributed by atoms with van der Waals surface area (Å²) in [6.07, 6.45) is 2.17. The molecular formula is C15H15ClOS. The molecular weight excluding hydrogens is 264 g/mol. The Kier molecular flexibility index (Phi) is 2.97. The standard InChI is InChI=1S/C15H15ClOS/c1-10-2-4-11(5-3-10)15(17,12-6-7-12)13-8-9-14(16)18-13/h2-5,8-9,12,17H,6-7H2,1H3. The van der Waals surface area contributed by atoms with Crippen molar-refractivity contribution in [2.45, 2.75) is 25.4 Å². The Morgan fingerprint density at radius 2 is 1.83 bits per heavy atom. The van der Waals surface area contributed by atoms with E-state index in [1.807, 2.05) is 24.3 Å². The number of aliphatic hydroxyl groups is 1. The second kappa shape index (κ2) is 4.37. The van der Waals surface area contributed by atoms with Crippen LogP contribution in [0.1, 0.15) is 28.8 Å². The van der Waals surface area contributed by atoms with Crippen molar-refractivity contribution in [3.8, 4) is 0 Å². The summed E-state index contributed by atoms with van der Waals surface area (Å²) in [5.41, 5.74) is 1.33. The molecule has 3 rings (SSSR count). The molecule has 3 heteroatoms. The van der Waals surface area contributed by atoms with Gasteiger partial charge in [-0.05, 0) is 43.4 Å². The summed E-state index contributed by atoms with van der Waals surface area (Å²) in [6, 6.07) is 12.0. The monoisotopic (exact) mass is 278 g/mol. The highest BCUT2D eigenvalue weighted by Gasteiger charge is 2.47. The van der Waals surface area contributed by atoms with Crippen LogP contribution in [0.2, 0.25) is 4.34 Å². The van der Waals surface area contributed by atoms with E-state index in [2.05, 4.69) is 19.1 Å². The Bertz CT molecular complexity index is 556. The highest BCUT2D eigenvalue weighted by atomic mass is 35.5. The lowest BCUT2D eigenvalue weighted by Gasteiger charge is -2.28. The molecule has 94 valence electrons. The molecule has 1 aliphatic rings. The fourth-order valence-electron chi connectivity index (χ4n) is 2.41. The summed E-state index contributed by atoms with van der Waals surface area (Å²) >= 11 is 7.49. The fourth-order valence-corrected chi connectivity index (χ4v) is 3.64. The van der Waals surface area contributed by atoms with Crippen LogP contribution in [0.4, 0.5) is 0 Å². The van der Waals surface area contributed by atoms with Crippen molar-refractivity contribution in [1.29, 1.82) is 0 Å². The third-order valence-electron chi connectivity index (χ3n) is 3.61. The Morgan fingerprint density at radius 3 is 2.33 bits per heavy atom. The zero-order chi connectivity index (χ0) is 12.8. The van der Waals surface area contributed by atoms with Gasteiger partial charge in [0, 0.05) is 4.88 Å². The molecule has 1 atom stereocenters. The first-order chi connectivity index (χ1) is 8.60. The Labute approximate surface area is 116 Å². The topological polar surface area (TPSA) is 20.2 Å². The van der Waals surface area contributed by atoms with Gasteiger partial charge in [0.15, 0.2) is 0 Å². The lowest BCUT2D eigenvalue weighted by atomic mass is 9.87. The van der Waals surface area contributed by atoms with Crippen LogP contribution >= 0.6 is 22.9 Å². The highest BCUT2D eigenvalue weighted by molar-refractivity contribution is 7.16. The lowest BCUT2D eigenvalue weighted by Crippen LogP contribution is -2.28. The van der Waals surface area contributed by atoms with E-state index in [1.54, 1.807) is 0 Å². The van der Waals surface area contributed by atoms with Gasteiger partial charge < -0.3 is 5.11 Å². The van der Waals surface area contributed by atoms with E-state index in [1.165, 1.54) is 16.9 Å². The van der Waals surface area contributed by atoms with Crippen molar-refractivity contribution in [3.05, 3.63) is 56.7 Å². The molecule has 0 bridgehead atoms. The molecule has 1 heterocycles. The number of thiophene rings is 1. The minimum Gasteiger partial charge on any atom is -0.379 e. The lowest BCUT2D eigenvalue weighted by molar-refractivity contribution is 0.0602. The van der Waals surface area contributed by atoms with Gasteiger partial charge >= 0.3 is 0 Å². The molecule has 0 saturated heterocycles. The van der Waals surface area contributed by atoms with E-state index in [0.29, 0.717) is 5.92 Å². The SMILES string of the molecule is Cc1ccc(C(O)(c2ccc(Cl)s2)C2CC2)cc1. The van der Waals surface area contributed by atoms with E-state index in [0.717, 1.165) is 27.6 Å². The molecule has 0 spiro atoms. The first kappa shape index (κ1) is 12.2. The van der Waals surface area contributed by atoms with E-state index in [9.17, 15) is 5.11 Å². The summed E-state index contributed by atoms with van der Waals surface area (Å²) in [4.78, 5) is 0.957. The Balaban J connectivity index is 2.08. The largest absolute Gasteiger partial charge is 0.379 e. The summed E-state index contributed by atoms with van der Waals surface area (Å²) in [5.74, 6) is 0.329. The quantitative estimate of drug-likeness (QED) is 0.885.